The number of rotatable bonds is 5. The molecule has 0 saturated carbocycles. The van der Waals surface area contributed by atoms with E-state index in [4.69, 9.17) is 12.2 Å². The minimum Gasteiger partial charge on any atom is -0.362 e. The molecule has 0 unspecified atom stereocenters. The molecule has 0 atom stereocenters. The van der Waals surface area contributed by atoms with Gasteiger partial charge in [0, 0.05) is 22.7 Å². The molecular weight excluding hydrogens is 320 g/mol. The minimum atomic E-state index is 0.657. The molecule has 3 aromatic rings. The Hall–Kier alpha value is -2.17. The van der Waals surface area contributed by atoms with Crippen molar-refractivity contribution in [2.75, 3.05) is 11.9 Å². The summed E-state index contributed by atoms with van der Waals surface area (Å²) in [4.78, 5) is 1.37. The monoisotopic (exact) mass is 338 g/mol. The second-order valence-electron chi connectivity index (χ2n) is 5.12. The summed E-state index contributed by atoms with van der Waals surface area (Å²) in [6, 6.07) is 22.8. The number of hydrogen-bond donors (Lipinski definition) is 2. The summed E-state index contributed by atoms with van der Waals surface area (Å²) in [7, 11) is 0. The second-order valence-corrected chi connectivity index (χ2v) is 6.56. The molecule has 0 amide bonds. The lowest BCUT2D eigenvalue weighted by Gasteiger charge is -2.14. The van der Waals surface area contributed by atoms with Crippen LogP contribution in [0.5, 0.6) is 0 Å². The van der Waals surface area contributed by atoms with Gasteiger partial charge in [-0.2, -0.15) is 0 Å². The van der Waals surface area contributed by atoms with Crippen molar-refractivity contribution in [1.29, 1.82) is 0 Å². The first-order valence-electron chi connectivity index (χ1n) is 7.54. The van der Waals surface area contributed by atoms with Gasteiger partial charge >= 0.3 is 0 Å². The molecule has 2 N–H and O–H groups in total. The number of benzene rings is 2. The Bertz CT molecular complexity index is 752. The predicted molar refractivity (Wildman–Crippen MR) is 104 cm³/mol. The first kappa shape index (κ1) is 15.7. The largest absolute Gasteiger partial charge is 0.362 e. The summed E-state index contributed by atoms with van der Waals surface area (Å²) in [5.41, 5.74) is 3.35. The van der Waals surface area contributed by atoms with Crippen molar-refractivity contribution >= 4 is 34.4 Å². The summed E-state index contributed by atoms with van der Waals surface area (Å²) in [6.45, 7) is 0.833. The fourth-order valence-electron chi connectivity index (χ4n) is 2.38. The van der Waals surface area contributed by atoms with Crippen LogP contribution in [0.1, 0.15) is 4.88 Å². The molecule has 3 rings (SSSR count). The molecule has 0 spiro atoms. The van der Waals surface area contributed by atoms with E-state index in [2.05, 4.69) is 52.4 Å². The van der Waals surface area contributed by atoms with Crippen LogP contribution in [0, 0.1) is 0 Å². The van der Waals surface area contributed by atoms with Crippen molar-refractivity contribution in [3.63, 3.8) is 0 Å². The van der Waals surface area contributed by atoms with Crippen LogP contribution < -0.4 is 10.6 Å². The topological polar surface area (TPSA) is 24.1 Å². The van der Waals surface area contributed by atoms with Gasteiger partial charge in [-0.1, -0.05) is 54.6 Å². The molecule has 4 heteroatoms. The molecule has 23 heavy (non-hydrogen) atoms. The van der Waals surface area contributed by atoms with E-state index in [1.54, 1.807) is 11.3 Å². The Morgan fingerprint density at radius 3 is 2.48 bits per heavy atom. The molecule has 0 bridgehead atoms. The van der Waals surface area contributed by atoms with E-state index in [0.717, 1.165) is 24.2 Å². The minimum absolute atomic E-state index is 0.657. The molecule has 0 fully saturated rings. The normalized spacial score (nSPS) is 10.3. The molecule has 0 aliphatic carbocycles. The standard InChI is InChI=1S/C19H18N2S2/c22-19(20-13-12-16-9-6-14-23-16)21-18-11-5-4-10-17(18)15-7-2-1-3-8-15/h1-11,14H,12-13H2,(H2,20,21,22). The second kappa shape index (κ2) is 7.90. The van der Waals surface area contributed by atoms with Crippen molar-refractivity contribution in [3.8, 4) is 11.1 Å². The highest BCUT2D eigenvalue weighted by Crippen LogP contribution is 2.27. The van der Waals surface area contributed by atoms with Gasteiger partial charge in [0.25, 0.3) is 0 Å². The lowest BCUT2D eigenvalue weighted by atomic mass is 10.0. The SMILES string of the molecule is S=C(NCCc1cccs1)Nc1ccccc1-c1ccccc1. The van der Waals surface area contributed by atoms with Crippen molar-refractivity contribution < 1.29 is 0 Å². The van der Waals surface area contributed by atoms with Crippen molar-refractivity contribution in [2.45, 2.75) is 6.42 Å². The van der Waals surface area contributed by atoms with Gasteiger partial charge in [-0.15, -0.1) is 11.3 Å². The van der Waals surface area contributed by atoms with Gasteiger partial charge in [0.05, 0.1) is 0 Å². The fraction of sp³-hybridized carbons (Fsp3) is 0.105. The molecule has 1 aromatic heterocycles. The molecular formula is C19H18N2S2. The van der Waals surface area contributed by atoms with Gasteiger partial charge in [0.15, 0.2) is 5.11 Å². The number of para-hydroxylation sites is 1. The van der Waals surface area contributed by atoms with Gasteiger partial charge in [-0.25, -0.2) is 0 Å². The van der Waals surface area contributed by atoms with Crippen LogP contribution in [0.4, 0.5) is 5.69 Å². The third kappa shape index (κ3) is 4.41. The average Bonchev–Trinajstić information content (AvgIpc) is 3.09. The zero-order chi connectivity index (χ0) is 15.9. The Morgan fingerprint density at radius 1 is 0.913 bits per heavy atom. The number of anilines is 1. The fourth-order valence-corrected chi connectivity index (χ4v) is 3.30. The third-order valence-corrected chi connectivity index (χ3v) is 4.68. The summed E-state index contributed by atoms with van der Waals surface area (Å²) in [6.07, 6.45) is 0.986. The van der Waals surface area contributed by atoms with Crippen LogP contribution >= 0.6 is 23.6 Å². The molecule has 2 nitrogen and oxygen atoms in total. The van der Waals surface area contributed by atoms with Gasteiger partial charge in [-0.3, -0.25) is 0 Å². The van der Waals surface area contributed by atoms with E-state index in [9.17, 15) is 0 Å². The first-order valence-corrected chi connectivity index (χ1v) is 8.83. The Balaban J connectivity index is 1.62. The predicted octanol–water partition coefficient (Wildman–Crippen LogP) is 4.94. The summed E-state index contributed by atoms with van der Waals surface area (Å²) >= 11 is 7.20. The molecule has 0 aliphatic heterocycles. The third-order valence-electron chi connectivity index (χ3n) is 3.50. The highest BCUT2D eigenvalue weighted by atomic mass is 32.1. The Kier molecular flexibility index (Phi) is 5.40. The van der Waals surface area contributed by atoms with Gasteiger partial charge < -0.3 is 10.6 Å². The summed E-state index contributed by atoms with van der Waals surface area (Å²) in [5.74, 6) is 0. The van der Waals surface area contributed by atoms with E-state index in [1.165, 1.54) is 10.4 Å². The van der Waals surface area contributed by atoms with Crippen LogP contribution in [-0.2, 0) is 6.42 Å². The quantitative estimate of drug-likeness (QED) is 0.644. The average molecular weight is 339 g/mol. The smallest absolute Gasteiger partial charge is 0.170 e. The van der Waals surface area contributed by atoms with E-state index < -0.39 is 0 Å². The van der Waals surface area contributed by atoms with Crippen LogP contribution in [0.3, 0.4) is 0 Å². The zero-order valence-electron chi connectivity index (χ0n) is 12.7. The Morgan fingerprint density at radius 2 is 1.70 bits per heavy atom. The first-order chi connectivity index (χ1) is 11.3. The molecule has 0 aliphatic rings. The number of nitrogens with one attached hydrogen (secondary N) is 2. The molecule has 2 aromatic carbocycles. The van der Waals surface area contributed by atoms with Crippen LogP contribution in [0.2, 0.25) is 0 Å². The van der Waals surface area contributed by atoms with E-state index >= 15 is 0 Å². The lowest BCUT2D eigenvalue weighted by molar-refractivity contribution is 0.885. The van der Waals surface area contributed by atoms with E-state index in [1.807, 2.05) is 30.3 Å². The highest BCUT2D eigenvalue weighted by molar-refractivity contribution is 7.80. The van der Waals surface area contributed by atoms with Crippen molar-refractivity contribution in [1.82, 2.24) is 5.32 Å². The molecule has 0 saturated heterocycles. The van der Waals surface area contributed by atoms with Gasteiger partial charge in [-0.05, 0) is 41.7 Å². The van der Waals surface area contributed by atoms with Crippen molar-refractivity contribution in [3.05, 3.63) is 77.0 Å². The zero-order valence-corrected chi connectivity index (χ0v) is 14.3. The summed E-state index contributed by atoms with van der Waals surface area (Å²) < 4.78 is 0. The number of thiocarbonyl (C=S) groups is 1. The van der Waals surface area contributed by atoms with Crippen molar-refractivity contribution in [2.24, 2.45) is 0 Å². The summed E-state index contributed by atoms with van der Waals surface area (Å²) in [5, 5.41) is 9.34. The Labute approximate surface area is 146 Å². The molecule has 1 heterocycles. The maximum Gasteiger partial charge on any atom is 0.170 e. The maximum absolute atomic E-state index is 5.42. The maximum atomic E-state index is 5.42. The number of hydrogen-bond acceptors (Lipinski definition) is 2. The lowest BCUT2D eigenvalue weighted by Crippen LogP contribution is -2.30. The van der Waals surface area contributed by atoms with Crippen LogP contribution in [0.25, 0.3) is 11.1 Å². The van der Waals surface area contributed by atoms with E-state index in [0.29, 0.717) is 5.11 Å². The van der Waals surface area contributed by atoms with Crippen LogP contribution in [0.15, 0.2) is 72.1 Å². The molecule has 116 valence electrons. The van der Waals surface area contributed by atoms with Crippen LogP contribution in [-0.4, -0.2) is 11.7 Å². The van der Waals surface area contributed by atoms with Gasteiger partial charge in [0.1, 0.15) is 0 Å². The number of thiophene rings is 1. The molecule has 0 radical (unpaired) electrons. The van der Waals surface area contributed by atoms with Gasteiger partial charge in [0.2, 0.25) is 0 Å². The van der Waals surface area contributed by atoms with E-state index in [-0.39, 0.29) is 0 Å². The highest BCUT2D eigenvalue weighted by Gasteiger charge is 2.05.